The summed E-state index contributed by atoms with van der Waals surface area (Å²) < 4.78 is 69.3. The third-order valence-corrected chi connectivity index (χ3v) is 4.64. The lowest BCUT2D eigenvalue weighted by atomic mass is 10.0. The third kappa shape index (κ3) is 3.09. The highest BCUT2D eigenvalue weighted by atomic mass is 32.2. The van der Waals surface area contributed by atoms with E-state index in [-0.39, 0.29) is 0 Å². The van der Waals surface area contributed by atoms with Gasteiger partial charge in [-0.15, -0.1) is 0 Å². The van der Waals surface area contributed by atoms with Crippen LogP contribution < -0.4 is 5.14 Å². The SMILES string of the molecule is NS(=O)(=O)c1cccc(S(=O)(=O)O)c1-c1ccc(O)cc1F. The van der Waals surface area contributed by atoms with Crippen LogP contribution in [-0.4, -0.2) is 26.5 Å². The zero-order chi connectivity index (χ0) is 16.7. The molecule has 0 heterocycles. The first-order valence-corrected chi connectivity index (χ1v) is 8.62. The van der Waals surface area contributed by atoms with Crippen molar-refractivity contribution in [2.45, 2.75) is 9.79 Å². The van der Waals surface area contributed by atoms with E-state index in [2.05, 4.69) is 0 Å². The van der Waals surface area contributed by atoms with Crippen LogP contribution in [0.1, 0.15) is 0 Å². The van der Waals surface area contributed by atoms with Gasteiger partial charge >= 0.3 is 0 Å². The van der Waals surface area contributed by atoms with E-state index in [0.717, 1.165) is 30.3 Å². The van der Waals surface area contributed by atoms with Crippen LogP contribution in [0.25, 0.3) is 11.1 Å². The highest BCUT2D eigenvalue weighted by molar-refractivity contribution is 7.89. The topological polar surface area (TPSA) is 135 Å². The second kappa shape index (κ2) is 5.32. The number of aromatic hydroxyl groups is 1. The maximum atomic E-state index is 14.0. The Hall–Kier alpha value is -2.01. The van der Waals surface area contributed by atoms with Crippen molar-refractivity contribution in [1.82, 2.24) is 0 Å². The lowest BCUT2D eigenvalue weighted by Crippen LogP contribution is -2.15. The molecule has 0 fully saturated rings. The van der Waals surface area contributed by atoms with Crippen molar-refractivity contribution >= 4 is 20.1 Å². The molecule has 0 unspecified atom stereocenters. The quantitative estimate of drug-likeness (QED) is 0.711. The number of hydrogen-bond donors (Lipinski definition) is 3. The Labute approximate surface area is 125 Å². The molecule has 0 radical (unpaired) electrons. The van der Waals surface area contributed by atoms with Crippen LogP contribution in [0.4, 0.5) is 4.39 Å². The minimum atomic E-state index is -4.84. The highest BCUT2D eigenvalue weighted by Gasteiger charge is 2.26. The molecule has 10 heteroatoms. The van der Waals surface area contributed by atoms with Crippen LogP contribution in [0.2, 0.25) is 0 Å². The summed E-state index contributed by atoms with van der Waals surface area (Å²) in [6.45, 7) is 0. The molecule has 0 saturated carbocycles. The van der Waals surface area contributed by atoms with Gasteiger partial charge in [0.25, 0.3) is 10.1 Å². The maximum Gasteiger partial charge on any atom is 0.295 e. The fourth-order valence-electron chi connectivity index (χ4n) is 1.94. The first-order chi connectivity index (χ1) is 10.0. The second-order valence-corrected chi connectivity index (χ2v) is 7.23. The zero-order valence-corrected chi connectivity index (χ0v) is 12.4. The molecule has 118 valence electrons. The molecule has 0 aromatic heterocycles. The minimum absolute atomic E-state index is 0.442. The van der Waals surface area contributed by atoms with E-state index in [9.17, 15) is 30.9 Å². The predicted octanol–water partition coefficient (Wildman–Crippen LogP) is 1.09. The molecule has 2 aromatic carbocycles. The van der Waals surface area contributed by atoms with Gasteiger partial charge in [0.05, 0.1) is 4.90 Å². The van der Waals surface area contributed by atoms with Crippen molar-refractivity contribution in [1.29, 1.82) is 0 Å². The van der Waals surface area contributed by atoms with Gasteiger partial charge in [-0.1, -0.05) is 6.07 Å². The molecule has 2 aromatic rings. The third-order valence-electron chi connectivity index (χ3n) is 2.79. The van der Waals surface area contributed by atoms with Gasteiger partial charge in [-0.05, 0) is 24.3 Å². The Morgan fingerprint density at radius 1 is 1.00 bits per heavy atom. The van der Waals surface area contributed by atoms with Crippen LogP contribution in [-0.2, 0) is 20.1 Å². The fourth-order valence-corrected chi connectivity index (χ4v) is 3.50. The van der Waals surface area contributed by atoms with E-state index in [4.69, 9.17) is 5.14 Å². The van der Waals surface area contributed by atoms with Crippen molar-refractivity contribution < 1.29 is 30.9 Å². The van der Waals surface area contributed by atoms with Crippen molar-refractivity contribution in [3.05, 3.63) is 42.2 Å². The minimum Gasteiger partial charge on any atom is -0.508 e. The van der Waals surface area contributed by atoms with Crippen LogP contribution >= 0.6 is 0 Å². The van der Waals surface area contributed by atoms with Gasteiger partial charge in [-0.2, -0.15) is 8.42 Å². The molecule has 0 bridgehead atoms. The van der Waals surface area contributed by atoms with E-state index in [1.165, 1.54) is 0 Å². The molecule has 0 aliphatic rings. The average Bonchev–Trinajstić information content (AvgIpc) is 2.36. The Bertz CT molecular complexity index is 903. The number of benzene rings is 2. The van der Waals surface area contributed by atoms with Gasteiger partial charge in [0.2, 0.25) is 10.0 Å². The molecule has 0 aliphatic carbocycles. The molecule has 4 N–H and O–H groups in total. The summed E-state index contributed by atoms with van der Waals surface area (Å²) in [7, 11) is -9.24. The van der Waals surface area contributed by atoms with Gasteiger partial charge in [0, 0.05) is 17.2 Å². The standard InChI is InChI=1S/C12H10FNO6S2/c13-9-6-7(15)4-5-8(9)12-10(21(14,16)17)2-1-3-11(12)22(18,19)20/h1-6,15H,(H2,14,16,17)(H,18,19,20). The van der Waals surface area contributed by atoms with E-state index in [1.54, 1.807) is 0 Å². The van der Waals surface area contributed by atoms with Gasteiger partial charge in [-0.25, -0.2) is 17.9 Å². The largest absolute Gasteiger partial charge is 0.508 e. The molecule has 0 spiro atoms. The number of phenolic OH excluding ortho intramolecular Hbond substituents is 1. The highest BCUT2D eigenvalue weighted by Crippen LogP contribution is 2.35. The van der Waals surface area contributed by atoms with Gasteiger partial charge in [0.15, 0.2) is 0 Å². The molecule has 0 saturated heterocycles. The van der Waals surface area contributed by atoms with Crippen LogP contribution in [0.5, 0.6) is 5.75 Å². The lowest BCUT2D eigenvalue weighted by molar-refractivity contribution is 0.469. The Morgan fingerprint density at radius 2 is 1.59 bits per heavy atom. The Morgan fingerprint density at radius 3 is 2.09 bits per heavy atom. The van der Waals surface area contributed by atoms with Crippen LogP contribution in [0, 0.1) is 5.82 Å². The molecule has 7 nitrogen and oxygen atoms in total. The van der Waals surface area contributed by atoms with Crippen molar-refractivity contribution in [3.8, 4) is 16.9 Å². The summed E-state index contributed by atoms with van der Waals surface area (Å²) in [5.74, 6) is -1.52. The van der Waals surface area contributed by atoms with Crippen molar-refractivity contribution in [2.75, 3.05) is 0 Å². The molecule has 0 atom stereocenters. The number of hydrogen-bond acceptors (Lipinski definition) is 5. The molecule has 0 amide bonds. The van der Waals surface area contributed by atoms with Crippen LogP contribution in [0.15, 0.2) is 46.2 Å². The first-order valence-electron chi connectivity index (χ1n) is 5.64. The van der Waals surface area contributed by atoms with E-state index in [1.807, 2.05) is 0 Å². The number of nitrogens with two attached hydrogens (primary N) is 1. The summed E-state index contributed by atoms with van der Waals surface area (Å²) in [5.41, 5.74) is -1.06. The number of rotatable bonds is 3. The van der Waals surface area contributed by atoms with Gasteiger partial charge in [0.1, 0.15) is 16.5 Å². The fraction of sp³-hybridized carbons (Fsp3) is 0. The summed E-state index contributed by atoms with van der Waals surface area (Å²) in [5, 5.41) is 14.2. The predicted molar refractivity (Wildman–Crippen MR) is 74.7 cm³/mol. The molecular weight excluding hydrogens is 337 g/mol. The smallest absolute Gasteiger partial charge is 0.295 e. The summed E-state index contributed by atoms with van der Waals surface area (Å²) in [6.07, 6.45) is 0. The first kappa shape index (κ1) is 16.4. The second-order valence-electron chi connectivity index (χ2n) is 4.31. The zero-order valence-electron chi connectivity index (χ0n) is 10.8. The monoisotopic (exact) mass is 347 g/mol. The number of primary sulfonamides is 1. The van der Waals surface area contributed by atoms with Gasteiger partial charge < -0.3 is 5.11 Å². The lowest BCUT2D eigenvalue weighted by Gasteiger charge is -2.13. The van der Waals surface area contributed by atoms with E-state index < -0.39 is 52.6 Å². The maximum absolute atomic E-state index is 14.0. The number of sulfonamides is 1. The summed E-state index contributed by atoms with van der Waals surface area (Å²) in [6, 6.07) is 5.61. The van der Waals surface area contributed by atoms with E-state index in [0.29, 0.717) is 6.07 Å². The van der Waals surface area contributed by atoms with Crippen molar-refractivity contribution in [3.63, 3.8) is 0 Å². The summed E-state index contributed by atoms with van der Waals surface area (Å²) in [4.78, 5) is -1.49. The molecule has 2 rings (SSSR count). The molecular formula is C12H10FNO6S2. The molecule has 0 aliphatic heterocycles. The Balaban J connectivity index is 3.00. The van der Waals surface area contributed by atoms with Crippen molar-refractivity contribution in [2.24, 2.45) is 5.14 Å². The number of halogens is 1. The normalized spacial score (nSPS) is 12.3. The average molecular weight is 347 g/mol. The van der Waals surface area contributed by atoms with Gasteiger partial charge in [-0.3, -0.25) is 4.55 Å². The van der Waals surface area contributed by atoms with E-state index >= 15 is 0 Å². The summed E-state index contributed by atoms with van der Waals surface area (Å²) >= 11 is 0. The number of phenols is 1. The molecule has 22 heavy (non-hydrogen) atoms. The van der Waals surface area contributed by atoms with Crippen LogP contribution in [0.3, 0.4) is 0 Å². The Kier molecular flexibility index (Phi) is 3.96.